The molecule has 0 spiro atoms. The minimum absolute atomic E-state index is 0.0176. The molecule has 1 aromatic heterocycles. The van der Waals surface area contributed by atoms with Gasteiger partial charge in [-0.25, -0.2) is 4.79 Å². The predicted molar refractivity (Wildman–Crippen MR) is 138 cm³/mol. The second-order valence-electron chi connectivity index (χ2n) is 8.36. The van der Waals surface area contributed by atoms with Gasteiger partial charge in [0.15, 0.2) is 16.9 Å². The predicted octanol–water partition coefficient (Wildman–Crippen LogP) is 5.13. The van der Waals surface area contributed by atoms with Crippen molar-refractivity contribution in [3.8, 4) is 11.5 Å². The number of carbonyl (C=O) groups excluding carboxylic acids is 2. The minimum Gasteiger partial charge on any atom is -0.493 e. The van der Waals surface area contributed by atoms with E-state index in [0.717, 1.165) is 0 Å². The molecule has 0 saturated heterocycles. The number of nitrogens with zero attached hydrogens (tertiary/aromatic N) is 1. The lowest BCUT2D eigenvalue weighted by molar-refractivity contribution is 0.0526. The third kappa shape index (κ3) is 4.10. The van der Waals surface area contributed by atoms with Crippen LogP contribution >= 0.6 is 0 Å². The first-order valence-electron chi connectivity index (χ1n) is 12.0. The molecule has 1 aliphatic rings. The van der Waals surface area contributed by atoms with E-state index in [9.17, 15) is 14.4 Å². The van der Waals surface area contributed by atoms with Crippen molar-refractivity contribution in [3.05, 3.63) is 99.4 Å². The molecule has 0 fully saturated rings. The second kappa shape index (κ2) is 9.81. The van der Waals surface area contributed by atoms with Crippen LogP contribution in [-0.2, 0) is 4.74 Å². The molecule has 188 valence electrons. The molecule has 1 aliphatic heterocycles. The summed E-state index contributed by atoms with van der Waals surface area (Å²) in [5.74, 6) is 0.0915. The van der Waals surface area contributed by atoms with E-state index in [1.54, 1.807) is 73.7 Å². The number of methoxy groups -OCH3 is 1. The summed E-state index contributed by atoms with van der Waals surface area (Å²) in [5.41, 5.74) is 1.78. The van der Waals surface area contributed by atoms with Crippen molar-refractivity contribution in [1.82, 2.24) is 0 Å². The number of amides is 1. The van der Waals surface area contributed by atoms with E-state index in [2.05, 4.69) is 0 Å². The van der Waals surface area contributed by atoms with E-state index in [1.807, 2.05) is 6.92 Å². The zero-order chi connectivity index (χ0) is 26.1. The molecule has 1 unspecified atom stereocenters. The lowest BCUT2D eigenvalue weighted by Gasteiger charge is -2.26. The Morgan fingerprint density at radius 3 is 2.41 bits per heavy atom. The van der Waals surface area contributed by atoms with Crippen LogP contribution < -0.4 is 19.8 Å². The lowest BCUT2D eigenvalue weighted by atomic mass is 9.97. The summed E-state index contributed by atoms with van der Waals surface area (Å²) in [7, 11) is 1.53. The number of benzene rings is 3. The van der Waals surface area contributed by atoms with Crippen LogP contribution in [-0.4, -0.2) is 32.2 Å². The Morgan fingerprint density at radius 2 is 1.70 bits per heavy atom. The van der Waals surface area contributed by atoms with Crippen molar-refractivity contribution in [2.24, 2.45) is 0 Å². The summed E-state index contributed by atoms with van der Waals surface area (Å²) in [5, 5.41) is 0.386. The number of fused-ring (bicyclic) bond motifs is 2. The number of carbonyl (C=O) groups is 2. The number of para-hydroxylation sites is 1. The van der Waals surface area contributed by atoms with E-state index in [0.29, 0.717) is 45.9 Å². The quantitative estimate of drug-likeness (QED) is 0.326. The van der Waals surface area contributed by atoms with Gasteiger partial charge in [-0.15, -0.1) is 0 Å². The maximum atomic E-state index is 13.8. The van der Waals surface area contributed by atoms with Crippen LogP contribution in [0, 0.1) is 0 Å². The van der Waals surface area contributed by atoms with E-state index in [4.69, 9.17) is 18.6 Å². The van der Waals surface area contributed by atoms with Crippen molar-refractivity contribution in [1.29, 1.82) is 0 Å². The third-order valence-electron chi connectivity index (χ3n) is 6.24. The molecule has 0 N–H and O–H groups in total. The normalized spacial score (nSPS) is 14.5. The number of esters is 1. The van der Waals surface area contributed by atoms with Crippen LogP contribution in [0.4, 0.5) is 5.69 Å². The number of ether oxygens (including phenoxy) is 3. The van der Waals surface area contributed by atoms with Crippen molar-refractivity contribution in [2.75, 3.05) is 25.2 Å². The molecule has 3 aromatic carbocycles. The lowest BCUT2D eigenvalue weighted by Crippen LogP contribution is -2.29. The maximum absolute atomic E-state index is 13.8. The fourth-order valence-corrected chi connectivity index (χ4v) is 4.60. The molecule has 0 saturated carbocycles. The van der Waals surface area contributed by atoms with Crippen molar-refractivity contribution >= 4 is 28.5 Å². The van der Waals surface area contributed by atoms with E-state index >= 15 is 0 Å². The fourth-order valence-electron chi connectivity index (χ4n) is 4.60. The van der Waals surface area contributed by atoms with Gasteiger partial charge in [-0.2, -0.15) is 0 Å². The van der Waals surface area contributed by atoms with Gasteiger partial charge in [0, 0.05) is 5.69 Å². The first kappa shape index (κ1) is 24.1. The Balaban J connectivity index is 1.70. The Morgan fingerprint density at radius 1 is 0.946 bits per heavy atom. The Bertz CT molecular complexity index is 1560. The summed E-state index contributed by atoms with van der Waals surface area (Å²) >= 11 is 0. The molecule has 5 rings (SSSR count). The molecule has 0 bridgehead atoms. The van der Waals surface area contributed by atoms with Gasteiger partial charge in [0.1, 0.15) is 5.58 Å². The molecule has 8 heteroatoms. The van der Waals surface area contributed by atoms with Gasteiger partial charge < -0.3 is 18.6 Å². The highest BCUT2D eigenvalue weighted by molar-refractivity contribution is 6.10. The van der Waals surface area contributed by atoms with Crippen molar-refractivity contribution in [3.63, 3.8) is 0 Å². The molecule has 2 heterocycles. The van der Waals surface area contributed by atoms with Gasteiger partial charge in [-0.05, 0) is 67.9 Å². The monoisotopic (exact) mass is 499 g/mol. The number of rotatable bonds is 7. The zero-order valence-corrected chi connectivity index (χ0v) is 20.6. The summed E-state index contributed by atoms with van der Waals surface area (Å²) in [6.45, 7) is 4.31. The molecular weight excluding hydrogens is 474 g/mol. The number of hydrogen-bond acceptors (Lipinski definition) is 7. The fraction of sp³-hybridized carbons (Fsp3) is 0.207. The zero-order valence-electron chi connectivity index (χ0n) is 20.6. The first-order chi connectivity index (χ1) is 18.0. The largest absolute Gasteiger partial charge is 0.493 e. The molecule has 0 radical (unpaired) electrons. The van der Waals surface area contributed by atoms with Crippen LogP contribution in [0.5, 0.6) is 11.5 Å². The smallest absolute Gasteiger partial charge is 0.338 e. The molecule has 1 atom stereocenters. The topological polar surface area (TPSA) is 95.3 Å². The van der Waals surface area contributed by atoms with Crippen molar-refractivity contribution < 1.29 is 28.2 Å². The molecule has 4 aromatic rings. The van der Waals surface area contributed by atoms with Crippen LogP contribution in [0.2, 0.25) is 0 Å². The van der Waals surface area contributed by atoms with E-state index in [1.165, 1.54) is 12.0 Å². The molecular formula is C29H25NO7. The number of anilines is 1. The average molecular weight is 500 g/mol. The van der Waals surface area contributed by atoms with Crippen LogP contribution in [0.25, 0.3) is 11.0 Å². The van der Waals surface area contributed by atoms with Gasteiger partial charge in [-0.3, -0.25) is 14.5 Å². The Labute approximate surface area is 213 Å². The summed E-state index contributed by atoms with van der Waals surface area (Å²) in [6.07, 6.45) is 0. The summed E-state index contributed by atoms with van der Waals surface area (Å²) < 4.78 is 22.3. The average Bonchev–Trinajstić information content (AvgIpc) is 3.21. The molecule has 0 aliphatic carbocycles. The highest BCUT2D eigenvalue weighted by Gasteiger charge is 2.44. The minimum atomic E-state index is -0.790. The third-order valence-corrected chi connectivity index (χ3v) is 6.24. The number of hydrogen-bond donors (Lipinski definition) is 0. The molecule has 8 nitrogen and oxygen atoms in total. The van der Waals surface area contributed by atoms with Crippen LogP contribution in [0.1, 0.15) is 51.9 Å². The van der Waals surface area contributed by atoms with E-state index < -0.39 is 17.9 Å². The summed E-state index contributed by atoms with van der Waals surface area (Å²) in [6, 6.07) is 17.8. The Hall–Kier alpha value is -4.59. The molecule has 1 amide bonds. The van der Waals surface area contributed by atoms with Crippen LogP contribution in [0.15, 0.2) is 75.9 Å². The first-order valence-corrected chi connectivity index (χ1v) is 12.0. The van der Waals surface area contributed by atoms with E-state index in [-0.39, 0.29) is 23.4 Å². The van der Waals surface area contributed by atoms with Gasteiger partial charge in [0.25, 0.3) is 5.91 Å². The highest BCUT2D eigenvalue weighted by atomic mass is 16.5. The van der Waals surface area contributed by atoms with Gasteiger partial charge in [0.2, 0.25) is 5.76 Å². The van der Waals surface area contributed by atoms with Gasteiger partial charge in [0.05, 0.1) is 42.9 Å². The van der Waals surface area contributed by atoms with Gasteiger partial charge in [-0.1, -0.05) is 18.2 Å². The maximum Gasteiger partial charge on any atom is 0.338 e. The van der Waals surface area contributed by atoms with Crippen molar-refractivity contribution in [2.45, 2.75) is 19.9 Å². The summed E-state index contributed by atoms with van der Waals surface area (Å²) in [4.78, 5) is 41.1. The van der Waals surface area contributed by atoms with Crippen LogP contribution in [0.3, 0.4) is 0 Å². The SMILES string of the molecule is CCOC(=O)c1ccc(N2C(=O)c3oc4ccccc4c(=O)c3C2c2ccc(OCC)c(OC)c2)cc1. The standard InChI is InChI=1S/C29H25NO7/c1-4-35-22-15-12-18(16-23(22)34-3)25-24-26(31)20-8-6-7-9-21(20)37-27(24)28(32)30(25)19-13-10-17(11-14-19)29(33)36-5-2/h6-16,25H,4-5H2,1-3H3. The molecule has 37 heavy (non-hydrogen) atoms. The Kier molecular flexibility index (Phi) is 6.40. The second-order valence-corrected chi connectivity index (χ2v) is 8.36. The highest BCUT2D eigenvalue weighted by Crippen LogP contribution is 2.43. The van der Waals surface area contributed by atoms with Gasteiger partial charge >= 0.3 is 5.97 Å².